The van der Waals surface area contributed by atoms with Gasteiger partial charge in [-0.2, -0.15) is 0 Å². The van der Waals surface area contributed by atoms with Gasteiger partial charge >= 0.3 is 0 Å². The molecule has 0 aromatic heterocycles. The Morgan fingerprint density at radius 2 is 1.82 bits per heavy atom. The molecule has 1 saturated heterocycles. The average Bonchev–Trinajstić information content (AvgIpc) is 2.72. The highest BCUT2D eigenvalue weighted by atomic mass is 16.5. The fraction of sp³-hybridized carbons (Fsp3) is 0.286. The number of piperidine rings is 1. The number of ether oxygens (including phenoxy) is 1. The third-order valence-electron chi connectivity index (χ3n) is 4.75. The van der Waals surface area contributed by atoms with Crippen molar-refractivity contribution in [1.29, 1.82) is 0 Å². The number of hydrogen-bond acceptors (Lipinski definition) is 4. The van der Waals surface area contributed by atoms with Crippen LogP contribution in [-0.4, -0.2) is 48.9 Å². The van der Waals surface area contributed by atoms with Gasteiger partial charge in [-0.15, -0.1) is 0 Å². The number of benzene rings is 2. The summed E-state index contributed by atoms with van der Waals surface area (Å²) in [6, 6.07) is 15.4. The molecular formula is C21H23N3O4. The van der Waals surface area contributed by atoms with Crippen molar-refractivity contribution < 1.29 is 19.1 Å². The number of amides is 3. The SMILES string of the molecule is CN(C(=O)c1ccc(OCC(N)=O)cc1)C1CCCN(c2ccccc2)C1=O. The van der Waals surface area contributed by atoms with Gasteiger partial charge in [-0.3, -0.25) is 14.4 Å². The molecule has 2 aromatic rings. The molecule has 0 aliphatic carbocycles. The lowest BCUT2D eigenvalue weighted by atomic mass is 10.0. The molecule has 2 N–H and O–H groups in total. The largest absolute Gasteiger partial charge is 0.484 e. The third kappa shape index (κ3) is 4.31. The highest BCUT2D eigenvalue weighted by Gasteiger charge is 2.34. The Balaban J connectivity index is 1.70. The smallest absolute Gasteiger partial charge is 0.255 e. The minimum absolute atomic E-state index is 0.0743. The summed E-state index contributed by atoms with van der Waals surface area (Å²) in [6.45, 7) is 0.423. The number of hydrogen-bond donors (Lipinski definition) is 1. The lowest BCUT2D eigenvalue weighted by Crippen LogP contribution is -2.53. The zero-order chi connectivity index (χ0) is 20.1. The summed E-state index contributed by atoms with van der Waals surface area (Å²) in [5.41, 5.74) is 6.33. The van der Waals surface area contributed by atoms with Crippen molar-refractivity contribution >= 4 is 23.4 Å². The first kappa shape index (κ1) is 19.4. The number of nitrogens with zero attached hydrogens (tertiary/aromatic N) is 2. The molecule has 0 spiro atoms. The van der Waals surface area contributed by atoms with Crippen LogP contribution < -0.4 is 15.4 Å². The fourth-order valence-corrected chi connectivity index (χ4v) is 3.27. The van der Waals surface area contributed by atoms with Crippen LogP contribution in [0.25, 0.3) is 0 Å². The van der Waals surface area contributed by atoms with Crippen molar-refractivity contribution in [3.8, 4) is 5.75 Å². The van der Waals surface area contributed by atoms with E-state index in [2.05, 4.69) is 0 Å². The van der Waals surface area contributed by atoms with Crippen LogP contribution in [0.4, 0.5) is 5.69 Å². The second-order valence-corrected chi connectivity index (χ2v) is 6.68. The number of anilines is 1. The Labute approximate surface area is 163 Å². The molecule has 1 aliphatic heterocycles. The minimum Gasteiger partial charge on any atom is -0.484 e. The maximum Gasteiger partial charge on any atom is 0.255 e. The average molecular weight is 381 g/mol. The lowest BCUT2D eigenvalue weighted by Gasteiger charge is -2.36. The van der Waals surface area contributed by atoms with Crippen LogP contribution in [0.5, 0.6) is 5.75 Å². The van der Waals surface area contributed by atoms with Crippen LogP contribution >= 0.6 is 0 Å². The summed E-state index contributed by atoms with van der Waals surface area (Å²) in [5.74, 6) is -0.440. The summed E-state index contributed by atoms with van der Waals surface area (Å²) in [4.78, 5) is 39.8. The van der Waals surface area contributed by atoms with E-state index in [1.165, 1.54) is 4.90 Å². The maximum absolute atomic E-state index is 13.0. The molecule has 1 atom stereocenters. The first-order valence-electron chi connectivity index (χ1n) is 9.12. The quantitative estimate of drug-likeness (QED) is 0.826. The Morgan fingerprint density at radius 1 is 1.14 bits per heavy atom. The Bertz CT molecular complexity index is 852. The van der Waals surface area contributed by atoms with E-state index in [0.717, 1.165) is 12.1 Å². The minimum atomic E-state index is -0.571. The summed E-state index contributed by atoms with van der Waals surface area (Å²) in [5, 5.41) is 0. The number of likely N-dealkylation sites (N-methyl/N-ethyl adjacent to an activating group) is 1. The molecule has 7 heteroatoms. The van der Waals surface area contributed by atoms with Crippen molar-refractivity contribution in [3.63, 3.8) is 0 Å². The molecule has 0 bridgehead atoms. The molecule has 2 aromatic carbocycles. The van der Waals surface area contributed by atoms with Crippen molar-refractivity contribution in [3.05, 3.63) is 60.2 Å². The van der Waals surface area contributed by atoms with Gasteiger partial charge in [-0.1, -0.05) is 18.2 Å². The standard InChI is InChI=1S/C21H23N3O4/c1-23(20(26)15-9-11-17(12-10-15)28-14-19(22)25)18-8-5-13-24(21(18)27)16-6-3-2-4-7-16/h2-4,6-7,9-12,18H,5,8,13-14H2,1H3,(H2,22,25). The third-order valence-corrected chi connectivity index (χ3v) is 4.75. The normalized spacial score (nSPS) is 16.5. The van der Waals surface area contributed by atoms with Crippen molar-refractivity contribution in [1.82, 2.24) is 4.90 Å². The number of primary amides is 1. The topological polar surface area (TPSA) is 92.9 Å². The van der Waals surface area contributed by atoms with Gasteiger partial charge in [0.15, 0.2) is 6.61 Å². The van der Waals surface area contributed by atoms with Crippen LogP contribution in [0.15, 0.2) is 54.6 Å². The number of rotatable bonds is 6. The van der Waals surface area contributed by atoms with Gasteiger partial charge in [0.25, 0.3) is 11.8 Å². The lowest BCUT2D eigenvalue weighted by molar-refractivity contribution is -0.124. The summed E-state index contributed by atoms with van der Waals surface area (Å²) < 4.78 is 5.20. The van der Waals surface area contributed by atoms with Crippen LogP contribution in [0.2, 0.25) is 0 Å². The highest BCUT2D eigenvalue weighted by Crippen LogP contribution is 2.24. The second kappa shape index (κ2) is 8.56. The highest BCUT2D eigenvalue weighted by molar-refractivity contribution is 6.02. The molecule has 0 radical (unpaired) electrons. The van der Waals surface area contributed by atoms with E-state index < -0.39 is 11.9 Å². The van der Waals surface area contributed by atoms with E-state index in [1.54, 1.807) is 36.2 Å². The maximum atomic E-state index is 13.0. The van der Waals surface area contributed by atoms with E-state index in [0.29, 0.717) is 24.3 Å². The van der Waals surface area contributed by atoms with Crippen LogP contribution in [0.3, 0.4) is 0 Å². The molecule has 1 unspecified atom stereocenters. The molecule has 0 saturated carbocycles. The van der Waals surface area contributed by atoms with E-state index >= 15 is 0 Å². The second-order valence-electron chi connectivity index (χ2n) is 6.68. The van der Waals surface area contributed by atoms with Crippen LogP contribution in [0, 0.1) is 0 Å². The molecule has 146 valence electrons. The summed E-state index contributed by atoms with van der Waals surface area (Å²) >= 11 is 0. The van der Waals surface area contributed by atoms with Gasteiger partial charge in [-0.05, 0) is 49.2 Å². The van der Waals surface area contributed by atoms with Crippen molar-refractivity contribution in [2.45, 2.75) is 18.9 Å². The fourth-order valence-electron chi connectivity index (χ4n) is 3.27. The zero-order valence-electron chi connectivity index (χ0n) is 15.7. The number of nitrogens with two attached hydrogens (primary N) is 1. The molecule has 28 heavy (non-hydrogen) atoms. The first-order valence-corrected chi connectivity index (χ1v) is 9.12. The molecule has 3 amide bonds. The van der Waals surface area contributed by atoms with Gasteiger partial charge in [-0.25, -0.2) is 0 Å². The van der Waals surface area contributed by atoms with Crippen molar-refractivity contribution in [2.75, 3.05) is 25.1 Å². The number of para-hydroxylation sites is 1. The van der Waals surface area contributed by atoms with E-state index in [-0.39, 0.29) is 18.4 Å². The van der Waals surface area contributed by atoms with Gasteiger partial charge in [0.05, 0.1) is 0 Å². The first-order chi connectivity index (χ1) is 13.5. The van der Waals surface area contributed by atoms with E-state index in [4.69, 9.17) is 10.5 Å². The molecular weight excluding hydrogens is 358 g/mol. The molecule has 1 fully saturated rings. The predicted molar refractivity (Wildman–Crippen MR) is 105 cm³/mol. The molecule has 1 aliphatic rings. The van der Waals surface area contributed by atoms with Crippen molar-refractivity contribution in [2.24, 2.45) is 5.73 Å². The Morgan fingerprint density at radius 3 is 2.46 bits per heavy atom. The molecule has 1 heterocycles. The number of carbonyl (C=O) groups is 3. The van der Waals surface area contributed by atoms with E-state index in [9.17, 15) is 14.4 Å². The van der Waals surface area contributed by atoms with E-state index in [1.807, 2.05) is 30.3 Å². The van der Waals surface area contributed by atoms with Crippen LogP contribution in [-0.2, 0) is 9.59 Å². The Hall–Kier alpha value is -3.35. The van der Waals surface area contributed by atoms with Gasteiger partial charge in [0, 0.05) is 24.8 Å². The van der Waals surface area contributed by atoms with Gasteiger partial charge < -0.3 is 20.3 Å². The molecule has 7 nitrogen and oxygen atoms in total. The van der Waals surface area contributed by atoms with Gasteiger partial charge in [0.1, 0.15) is 11.8 Å². The summed E-state index contributed by atoms with van der Waals surface area (Å²) in [6.07, 6.45) is 1.45. The monoisotopic (exact) mass is 381 g/mol. The number of carbonyl (C=O) groups excluding carboxylic acids is 3. The Kier molecular flexibility index (Phi) is 5.93. The zero-order valence-corrected chi connectivity index (χ0v) is 15.7. The van der Waals surface area contributed by atoms with Gasteiger partial charge in [0.2, 0.25) is 5.91 Å². The predicted octanol–water partition coefficient (Wildman–Crippen LogP) is 1.82. The molecule has 3 rings (SSSR count). The van der Waals surface area contributed by atoms with Crippen LogP contribution in [0.1, 0.15) is 23.2 Å². The summed E-state index contributed by atoms with van der Waals surface area (Å²) in [7, 11) is 1.65.